The molecule has 0 atom stereocenters. The maximum Gasteiger partial charge on any atom is 0.340 e. The maximum absolute atomic E-state index is 12.2. The molecule has 2 heterocycles. The van der Waals surface area contributed by atoms with Crippen LogP contribution in [-0.2, 0) is 10.0 Å². The number of carbonyl (C=O) groups is 1. The van der Waals surface area contributed by atoms with Crippen molar-refractivity contribution in [3.05, 3.63) is 29.5 Å². The Morgan fingerprint density at radius 2 is 2.00 bits per heavy atom. The van der Waals surface area contributed by atoms with E-state index in [1.807, 2.05) is 4.72 Å². The van der Waals surface area contributed by atoms with Gasteiger partial charge in [0.05, 0.1) is 12.4 Å². The SMILES string of the molecule is Cc1oc(C)c(S(=O)(=O)Nc2nccnn2)c1C(=O)O. The molecule has 10 heteroatoms. The molecule has 0 aromatic carbocycles. The molecule has 0 spiro atoms. The van der Waals surface area contributed by atoms with Crippen molar-refractivity contribution in [1.82, 2.24) is 15.2 Å². The van der Waals surface area contributed by atoms with Gasteiger partial charge in [-0.3, -0.25) is 0 Å². The van der Waals surface area contributed by atoms with Crippen molar-refractivity contribution in [2.45, 2.75) is 18.7 Å². The van der Waals surface area contributed by atoms with Gasteiger partial charge < -0.3 is 9.52 Å². The summed E-state index contributed by atoms with van der Waals surface area (Å²) in [7, 11) is -4.19. The minimum Gasteiger partial charge on any atom is -0.478 e. The standard InChI is InChI=1S/C10H10N4O5S/c1-5-7(9(15)16)8(6(2)19-5)20(17,18)14-10-11-3-4-12-13-10/h3-4H,1-2H3,(H,15,16)(H,11,13,14). The molecule has 0 saturated heterocycles. The van der Waals surface area contributed by atoms with E-state index in [1.165, 1.54) is 26.2 Å². The summed E-state index contributed by atoms with van der Waals surface area (Å²) >= 11 is 0. The summed E-state index contributed by atoms with van der Waals surface area (Å²) in [5.74, 6) is -1.69. The molecular weight excluding hydrogens is 288 g/mol. The fourth-order valence-electron chi connectivity index (χ4n) is 1.70. The van der Waals surface area contributed by atoms with Gasteiger partial charge in [0.1, 0.15) is 22.0 Å². The first-order valence-corrected chi connectivity index (χ1v) is 6.81. The van der Waals surface area contributed by atoms with Crippen molar-refractivity contribution in [2.24, 2.45) is 0 Å². The summed E-state index contributed by atoms with van der Waals surface area (Å²) in [6.45, 7) is 2.73. The van der Waals surface area contributed by atoms with Crippen LogP contribution >= 0.6 is 0 Å². The first-order chi connectivity index (χ1) is 9.33. The van der Waals surface area contributed by atoms with Gasteiger partial charge in [0, 0.05) is 0 Å². The van der Waals surface area contributed by atoms with Gasteiger partial charge in [-0.15, -0.1) is 5.10 Å². The number of furan rings is 1. The van der Waals surface area contributed by atoms with E-state index >= 15 is 0 Å². The van der Waals surface area contributed by atoms with E-state index in [-0.39, 0.29) is 17.5 Å². The summed E-state index contributed by atoms with van der Waals surface area (Å²) in [4.78, 5) is 14.4. The summed E-state index contributed by atoms with van der Waals surface area (Å²) < 4.78 is 31.6. The number of aromatic carboxylic acids is 1. The highest BCUT2D eigenvalue weighted by Crippen LogP contribution is 2.27. The lowest BCUT2D eigenvalue weighted by Crippen LogP contribution is -2.18. The predicted octanol–water partition coefficient (Wildman–Crippen LogP) is 0.580. The zero-order chi connectivity index (χ0) is 14.9. The van der Waals surface area contributed by atoms with Crippen LogP contribution in [0.2, 0.25) is 0 Å². The average molecular weight is 298 g/mol. The Morgan fingerprint density at radius 1 is 1.30 bits per heavy atom. The van der Waals surface area contributed by atoms with Crippen molar-refractivity contribution < 1.29 is 22.7 Å². The average Bonchev–Trinajstić information content (AvgIpc) is 2.65. The lowest BCUT2D eigenvalue weighted by atomic mass is 10.2. The highest BCUT2D eigenvalue weighted by Gasteiger charge is 2.31. The first-order valence-electron chi connectivity index (χ1n) is 5.32. The van der Waals surface area contributed by atoms with Crippen LogP contribution in [0, 0.1) is 13.8 Å². The lowest BCUT2D eigenvalue weighted by Gasteiger charge is -2.05. The molecule has 0 aliphatic heterocycles. The fourth-order valence-corrected chi connectivity index (χ4v) is 3.06. The zero-order valence-corrected chi connectivity index (χ0v) is 11.3. The molecule has 0 radical (unpaired) electrons. The van der Waals surface area contributed by atoms with Gasteiger partial charge in [-0.25, -0.2) is 22.9 Å². The third-order valence-corrected chi connectivity index (χ3v) is 3.88. The van der Waals surface area contributed by atoms with E-state index in [9.17, 15) is 13.2 Å². The van der Waals surface area contributed by atoms with Gasteiger partial charge in [0.15, 0.2) is 0 Å². The Kier molecular flexibility index (Phi) is 3.40. The molecule has 2 rings (SSSR count). The fraction of sp³-hybridized carbons (Fsp3) is 0.200. The van der Waals surface area contributed by atoms with Crippen molar-refractivity contribution in [3.8, 4) is 0 Å². The molecule has 0 aliphatic rings. The normalized spacial score (nSPS) is 11.3. The van der Waals surface area contributed by atoms with Crippen molar-refractivity contribution in [2.75, 3.05) is 4.72 Å². The second kappa shape index (κ2) is 4.89. The smallest absolute Gasteiger partial charge is 0.340 e. The van der Waals surface area contributed by atoms with Crippen molar-refractivity contribution >= 4 is 21.9 Å². The number of hydrogen-bond donors (Lipinski definition) is 2. The van der Waals surface area contributed by atoms with E-state index in [2.05, 4.69) is 15.2 Å². The van der Waals surface area contributed by atoms with E-state index in [0.717, 1.165) is 0 Å². The third-order valence-electron chi connectivity index (χ3n) is 2.40. The maximum atomic E-state index is 12.2. The van der Waals surface area contributed by atoms with Gasteiger partial charge in [-0.2, -0.15) is 5.10 Å². The molecule has 20 heavy (non-hydrogen) atoms. The number of carboxylic acid groups (broad SMARTS) is 1. The Hall–Kier alpha value is -2.49. The van der Waals surface area contributed by atoms with Gasteiger partial charge in [-0.1, -0.05) is 0 Å². The van der Waals surface area contributed by atoms with Crippen LogP contribution in [0.25, 0.3) is 0 Å². The Morgan fingerprint density at radius 3 is 2.55 bits per heavy atom. The van der Waals surface area contributed by atoms with Crippen LogP contribution in [0.3, 0.4) is 0 Å². The number of anilines is 1. The minimum absolute atomic E-state index is 0.00230. The molecule has 2 aromatic rings. The quantitative estimate of drug-likeness (QED) is 0.836. The van der Waals surface area contributed by atoms with Crippen LogP contribution < -0.4 is 4.72 Å². The Labute approximate surface area is 113 Å². The minimum atomic E-state index is -4.19. The number of aromatic nitrogens is 3. The molecule has 2 N–H and O–H groups in total. The van der Waals surface area contributed by atoms with E-state index in [4.69, 9.17) is 9.52 Å². The highest BCUT2D eigenvalue weighted by molar-refractivity contribution is 7.92. The summed E-state index contributed by atoms with van der Waals surface area (Å²) in [6, 6.07) is 0. The third kappa shape index (κ3) is 2.45. The molecule has 9 nitrogen and oxygen atoms in total. The number of carboxylic acids is 1. The van der Waals surface area contributed by atoms with Crippen LogP contribution in [0.4, 0.5) is 5.95 Å². The first kappa shape index (κ1) is 13.9. The van der Waals surface area contributed by atoms with Gasteiger partial charge in [0.2, 0.25) is 0 Å². The second-order valence-corrected chi connectivity index (χ2v) is 5.41. The molecule has 0 fully saturated rings. The Balaban J connectivity index is 2.53. The van der Waals surface area contributed by atoms with Gasteiger partial charge >= 0.3 is 5.97 Å². The van der Waals surface area contributed by atoms with Gasteiger partial charge in [-0.05, 0) is 13.8 Å². The number of nitrogens with one attached hydrogen (secondary N) is 1. The van der Waals surface area contributed by atoms with Crippen LogP contribution in [0.5, 0.6) is 0 Å². The largest absolute Gasteiger partial charge is 0.478 e. The van der Waals surface area contributed by atoms with E-state index in [1.54, 1.807) is 0 Å². The Bertz CT molecular complexity index is 753. The van der Waals surface area contributed by atoms with E-state index < -0.39 is 26.5 Å². The van der Waals surface area contributed by atoms with Crippen molar-refractivity contribution in [1.29, 1.82) is 0 Å². The van der Waals surface area contributed by atoms with Crippen molar-refractivity contribution in [3.63, 3.8) is 0 Å². The zero-order valence-electron chi connectivity index (χ0n) is 10.5. The summed E-state index contributed by atoms with van der Waals surface area (Å²) in [5, 5.41) is 16.0. The highest BCUT2D eigenvalue weighted by atomic mass is 32.2. The molecule has 0 aliphatic carbocycles. The van der Waals surface area contributed by atoms with Crippen LogP contribution in [0.1, 0.15) is 21.9 Å². The molecular formula is C10H10N4O5S. The number of sulfonamides is 1. The monoisotopic (exact) mass is 298 g/mol. The molecule has 106 valence electrons. The molecule has 0 unspecified atom stereocenters. The molecule has 0 bridgehead atoms. The van der Waals surface area contributed by atoms with Crippen LogP contribution in [-0.4, -0.2) is 34.7 Å². The summed E-state index contributed by atoms with van der Waals surface area (Å²) in [6.07, 6.45) is 2.52. The molecule has 0 saturated carbocycles. The number of aryl methyl sites for hydroxylation is 2. The predicted molar refractivity (Wildman–Crippen MR) is 65.8 cm³/mol. The lowest BCUT2D eigenvalue weighted by molar-refractivity contribution is 0.0691. The van der Waals surface area contributed by atoms with E-state index in [0.29, 0.717) is 0 Å². The number of nitrogens with zero attached hydrogens (tertiary/aromatic N) is 3. The van der Waals surface area contributed by atoms with Gasteiger partial charge in [0.25, 0.3) is 16.0 Å². The molecule has 2 aromatic heterocycles. The summed E-state index contributed by atoms with van der Waals surface area (Å²) in [5.41, 5.74) is -0.418. The number of rotatable bonds is 4. The topological polar surface area (TPSA) is 135 Å². The molecule has 0 amide bonds. The van der Waals surface area contributed by atoms with Crippen LogP contribution in [0.15, 0.2) is 21.7 Å². The number of hydrogen-bond acceptors (Lipinski definition) is 7. The second-order valence-electron chi connectivity index (χ2n) is 3.80.